The SMILES string of the molecule is C=C(/C=C\C=C/C)c1cc(-n2c3ccccc3c3ccccc32)ccc1Nc1ccc(NC)cc1. The lowest BCUT2D eigenvalue weighted by atomic mass is 10.0. The number of fused-ring (bicyclic) bond motifs is 3. The Morgan fingerprint density at radius 1 is 0.771 bits per heavy atom. The number of allylic oxidation sites excluding steroid dienone is 5. The summed E-state index contributed by atoms with van der Waals surface area (Å²) in [6, 6.07) is 32.0. The van der Waals surface area contributed by atoms with Crippen LogP contribution in [0.5, 0.6) is 0 Å². The minimum atomic E-state index is 0.945. The fourth-order valence-electron chi connectivity index (χ4n) is 4.50. The molecule has 0 radical (unpaired) electrons. The van der Waals surface area contributed by atoms with Gasteiger partial charge < -0.3 is 15.2 Å². The molecule has 3 heteroatoms. The lowest BCUT2D eigenvalue weighted by Gasteiger charge is -2.16. The maximum atomic E-state index is 4.39. The van der Waals surface area contributed by atoms with Gasteiger partial charge in [0.15, 0.2) is 0 Å². The molecule has 0 bridgehead atoms. The highest BCUT2D eigenvalue weighted by Crippen LogP contribution is 2.35. The Labute approximate surface area is 206 Å². The van der Waals surface area contributed by atoms with Crippen LogP contribution in [-0.2, 0) is 0 Å². The third kappa shape index (κ3) is 4.36. The molecule has 0 saturated heterocycles. The van der Waals surface area contributed by atoms with E-state index in [1.807, 2.05) is 32.2 Å². The summed E-state index contributed by atoms with van der Waals surface area (Å²) in [5.74, 6) is 0. The summed E-state index contributed by atoms with van der Waals surface area (Å²) in [6.45, 7) is 6.41. The molecule has 172 valence electrons. The standard InChI is InChI=1S/C32H29N3/c1-4-5-6-11-23(2)29-22-26(20-21-30(29)34-25-18-16-24(33-3)17-19-25)35-31-14-9-7-12-27(31)28-13-8-10-15-32(28)35/h4-22,33-34H,2H2,1,3H3/b5-4-,11-6-. The number of nitrogens with one attached hydrogen (secondary N) is 2. The highest BCUT2D eigenvalue weighted by Gasteiger charge is 2.14. The first-order chi connectivity index (χ1) is 17.2. The molecule has 0 aliphatic rings. The van der Waals surface area contributed by atoms with Gasteiger partial charge in [-0.1, -0.05) is 67.3 Å². The minimum absolute atomic E-state index is 0.945. The molecule has 0 amide bonds. The zero-order valence-electron chi connectivity index (χ0n) is 20.1. The normalized spacial score (nSPS) is 11.6. The smallest absolute Gasteiger partial charge is 0.0541 e. The van der Waals surface area contributed by atoms with Gasteiger partial charge in [0.25, 0.3) is 0 Å². The van der Waals surface area contributed by atoms with Crippen LogP contribution in [0.15, 0.2) is 122 Å². The van der Waals surface area contributed by atoms with E-state index in [1.165, 1.54) is 21.8 Å². The molecule has 0 atom stereocenters. The van der Waals surface area contributed by atoms with Crippen molar-refractivity contribution < 1.29 is 0 Å². The monoisotopic (exact) mass is 455 g/mol. The first kappa shape index (κ1) is 22.3. The van der Waals surface area contributed by atoms with E-state index in [-0.39, 0.29) is 0 Å². The van der Waals surface area contributed by atoms with E-state index >= 15 is 0 Å². The van der Waals surface area contributed by atoms with Crippen LogP contribution in [0.3, 0.4) is 0 Å². The molecule has 2 N–H and O–H groups in total. The molecule has 5 aromatic rings. The molecule has 0 aliphatic carbocycles. The van der Waals surface area contributed by atoms with Crippen LogP contribution in [0.4, 0.5) is 17.1 Å². The molecule has 5 rings (SSSR count). The van der Waals surface area contributed by atoms with Crippen LogP contribution >= 0.6 is 0 Å². The summed E-state index contributed by atoms with van der Waals surface area (Å²) in [5.41, 5.74) is 8.62. The second-order valence-electron chi connectivity index (χ2n) is 8.46. The van der Waals surface area contributed by atoms with Crippen molar-refractivity contribution in [1.82, 2.24) is 4.57 Å². The van der Waals surface area contributed by atoms with Crippen LogP contribution in [0, 0.1) is 0 Å². The van der Waals surface area contributed by atoms with Crippen LogP contribution in [0.2, 0.25) is 0 Å². The molecule has 3 nitrogen and oxygen atoms in total. The van der Waals surface area contributed by atoms with E-state index in [1.54, 1.807) is 0 Å². The first-order valence-electron chi connectivity index (χ1n) is 11.9. The Morgan fingerprint density at radius 3 is 2.03 bits per heavy atom. The predicted octanol–water partition coefficient (Wildman–Crippen LogP) is 8.71. The zero-order valence-corrected chi connectivity index (χ0v) is 20.1. The molecule has 1 aromatic heterocycles. The third-order valence-electron chi connectivity index (χ3n) is 6.24. The lowest BCUT2D eigenvalue weighted by Crippen LogP contribution is -1.99. The van der Waals surface area contributed by atoms with E-state index in [9.17, 15) is 0 Å². The summed E-state index contributed by atoms with van der Waals surface area (Å²) < 4.78 is 2.34. The summed E-state index contributed by atoms with van der Waals surface area (Å²) in [5, 5.41) is 9.27. The van der Waals surface area contributed by atoms with Crippen molar-refractivity contribution in [3.63, 3.8) is 0 Å². The summed E-state index contributed by atoms with van der Waals surface area (Å²) in [4.78, 5) is 0. The molecule has 0 aliphatic heterocycles. The fraction of sp³-hybridized carbons (Fsp3) is 0.0625. The average molecular weight is 456 g/mol. The maximum Gasteiger partial charge on any atom is 0.0541 e. The number of hydrogen-bond donors (Lipinski definition) is 2. The van der Waals surface area contributed by atoms with Gasteiger partial charge in [-0.2, -0.15) is 0 Å². The molecule has 0 spiro atoms. The van der Waals surface area contributed by atoms with E-state index in [0.717, 1.165) is 33.9 Å². The van der Waals surface area contributed by atoms with Gasteiger partial charge in [-0.25, -0.2) is 0 Å². The Kier molecular flexibility index (Phi) is 6.23. The molecule has 0 fully saturated rings. The van der Waals surface area contributed by atoms with Gasteiger partial charge in [-0.05, 0) is 67.1 Å². The van der Waals surface area contributed by atoms with E-state index in [4.69, 9.17) is 0 Å². The number of rotatable bonds is 7. The van der Waals surface area contributed by atoms with Crippen LogP contribution in [0.1, 0.15) is 12.5 Å². The van der Waals surface area contributed by atoms with Crippen molar-refractivity contribution in [2.75, 3.05) is 17.7 Å². The van der Waals surface area contributed by atoms with Crippen molar-refractivity contribution >= 4 is 44.4 Å². The van der Waals surface area contributed by atoms with Crippen LogP contribution < -0.4 is 10.6 Å². The topological polar surface area (TPSA) is 29.0 Å². The van der Waals surface area contributed by atoms with Crippen LogP contribution in [0.25, 0.3) is 33.1 Å². The molecule has 0 unspecified atom stereocenters. The summed E-state index contributed by atoms with van der Waals surface area (Å²) in [7, 11) is 1.93. The van der Waals surface area contributed by atoms with Crippen LogP contribution in [-0.4, -0.2) is 11.6 Å². The van der Waals surface area contributed by atoms with E-state index in [2.05, 4.69) is 119 Å². The molecular weight excluding hydrogens is 426 g/mol. The number of benzene rings is 4. The van der Waals surface area contributed by atoms with Gasteiger partial charge >= 0.3 is 0 Å². The summed E-state index contributed by atoms with van der Waals surface area (Å²) in [6.07, 6.45) is 8.12. The zero-order chi connectivity index (χ0) is 24.2. The second-order valence-corrected chi connectivity index (χ2v) is 8.46. The van der Waals surface area contributed by atoms with Gasteiger partial charge in [-0.15, -0.1) is 0 Å². The number of nitrogens with zero attached hydrogens (tertiary/aromatic N) is 1. The molecule has 4 aromatic carbocycles. The predicted molar refractivity (Wildman–Crippen MR) is 153 cm³/mol. The molecular formula is C32H29N3. The van der Waals surface area contributed by atoms with Crippen molar-refractivity contribution in [3.8, 4) is 5.69 Å². The largest absolute Gasteiger partial charge is 0.388 e. The number of para-hydroxylation sites is 2. The third-order valence-corrected chi connectivity index (χ3v) is 6.24. The molecule has 35 heavy (non-hydrogen) atoms. The first-order valence-corrected chi connectivity index (χ1v) is 11.9. The average Bonchev–Trinajstić information content (AvgIpc) is 3.24. The van der Waals surface area contributed by atoms with Crippen molar-refractivity contribution in [3.05, 3.63) is 127 Å². The minimum Gasteiger partial charge on any atom is -0.388 e. The Bertz CT molecular complexity index is 1510. The summed E-state index contributed by atoms with van der Waals surface area (Å²) >= 11 is 0. The van der Waals surface area contributed by atoms with Gasteiger partial charge in [0.05, 0.1) is 11.0 Å². The quantitative estimate of drug-likeness (QED) is 0.240. The van der Waals surface area contributed by atoms with E-state index in [0.29, 0.717) is 0 Å². The highest BCUT2D eigenvalue weighted by atomic mass is 15.0. The van der Waals surface area contributed by atoms with Gasteiger partial charge in [0, 0.05) is 46.1 Å². The highest BCUT2D eigenvalue weighted by molar-refractivity contribution is 6.09. The van der Waals surface area contributed by atoms with Gasteiger partial charge in [-0.3, -0.25) is 0 Å². The number of hydrogen-bond acceptors (Lipinski definition) is 2. The Morgan fingerprint density at radius 2 is 1.40 bits per heavy atom. The fourth-order valence-corrected chi connectivity index (χ4v) is 4.50. The Balaban J connectivity index is 1.66. The van der Waals surface area contributed by atoms with E-state index < -0.39 is 0 Å². The Hall–Kier alpha value is -4.50. The van der Waals surface area contributed by atoms with Gasteiger partial charge in [0.2, 0.25) is 0 Å². The number of anilines is 3. The van der Waals surface area contributed by atoms with Crippen molar-refractivity contribution in [1.29, 1.82) is 0 Å². The van der Waals surface area contributed by atoms with Gasteiger partial charge in [0.1, 0.15) is 0 Å². The molecule has 1 heterocycles. The lowest BCUT2D eigenvalue weighted by molar-refractivity contribution is 1.18. The number of aromatic nitrogens is 1. The second kappa shape index (κ2) is 9.78. The van der Waals surface area contributed by atoms with Crippen molar-refractivity contribution in [2.24, 2.45) is 0 Å². The maximum absolute atomic E-state index is 4.39. The van der Waals surface area contributed by atoms with Crippen molar-refractivity contribution in [2.45, 2.75) is 6.92 Å². The molecule has 0 saturated carbocycles.